The van der Waals surface area contributed by atoms with E-state index in [1.54, 1.807) is 18.6 Å². The molecule has 1 spiro atoms. The monoisotopic (exact) mass is 438 g/mol. The van der Waals surface area contributed by atoms with Gasteiger partial charge < -0.3 is 14.4 Å². The van der Waals surface area contributed by atoms with E-state index in [-0.39, 0.29) is 34.4 Å². The average Bonchev–Trinajstić information content (AvgIpc) is 2.87. The molecule has 3 fully saturated rings. The van der Waals surface area contributed by atoms with Gasteiger partial charge >= 0.3 is 0 Å². The summed E-state index contributed by atoms with van der Waals surface area (Å²) in [6.07, 6.45) is 6.77. The van der Waals surface area contributed by atoms with Crippen LogP contribution in [-0.4, -0.2) is 47.6 Å². The summed E-state index contributed by atoms with van der Waals surface area (Å²) in [5, 5.41) is 0.627. The van der Waals surface area contributed by atoms with Crippen LogP contribution >= 0.6 is 23.2 Å². The Morgan fingerprint density at radius 2 is 2.10 bits per heavy atom. The lowest BCUT2D eigenvalue weighted by Crippen LogP contribution is -2.87. The first-order chi connectivity index (χ1) is 14.1. The Hall–Kier alpha value is -1.70. The van der Waals surface area contributed by atoms with Gasteiger partial charge in [-0.15, -0.1) is 0 Å². The zero-order valence-electron chi connectivity index (χ0n) is 15.9. The Labute approximate surface area is 178 Å². The lowest BCUT2D eigenvalue weighted by Gasteiger charge is -2.73. The number of piperidine rings is 1. The maximum Gasteiger partial charge on any atom is 0.251 e. The summed E-state index contributed by atoms with van der Waals surface area (Å²) in [6.45, 7) is 3.91. The maximum atomic E-state index is 14.9. The normalized spacial score (nSPS) is 33.5. The molecule has 0 amide bonds. The quantitative estimate of drug-likeness (QED) is 0.702. The summed E-state index contributed by atoms with van der Waals surface area (Å²) in [7, 11) is 0. The summed E-state index contributed by atoms with van der Waals surface area (Å²) >= 11 is 12.2. The number of allylic oxidation sites excluding steroid dienone is 3. The van der Waals surface area contributed by atoms with Gasteiger partial charge in [-0.3, -0.25) is 0 Å². The largest absolute Gasteiger partial charge is 0.471 e. The van der Waals surface area contributed by atoms with E-state index in [4.69, 9.17) is 32.7 Å². The first-order valence-corrected chi connectivity index (χ1v) is 10.6. The van der Waals surface area contributed by atoms with Crippen LogP contribution in [-0.2, 0) is 9.47 Å². The average molecular weight is 439 g/mol. The molecule has 3 aliphatic heterocycles. The summed E-state index contributed by atoms with van der Waals surface area (Å²) < 4.78 is 26.8. The number of halogens is 3. The van der Waals surface area contributed by atoms with Gasteiger partial charge in [0, 0.05) is 37.6 Å². The van der Waals surface area contributed by atoms with Crippen LogP contribution in [0.15, 0.2) is 39.7 Å². The minimum absolute atomic E-state index is 0.00950. The third kappa shape index (κ3) is 2.81. The van der Waals surface area contributed by atoms with Crippen LogP contribution in [0, 0.1) is 11.8 Å². The highest BCUT2D eigenvalue weighted by atomic mass is 35.5. The first-order valence-electron chi connectivity index (χ1n) is 9.86. The maximum absolute atomic E-state index is 14.9. The number of ether oxygens (including phenoxy) is 2. The smallest absolute Gasteiger partial charge is 0.251 e. The van der Waals surface area contributed by atoms with Gasteiger partial charge in [-0.05, 0) is 18.4 Å². The second kappa shape index (κ2) is 7.22. The number of rotatable bonds is 4. The molecule has 5 rings (SSSR count). The van der Waals surface area contributed by atoms with Crippen molar-refractivity contribution in [2.75, 3.05) is 24.7 Å². The molecule has 4 aliphatic rings. The molecule has 1 aromatic rings. The minimum atomic E-state index is -0.570. The van der Waals surface area contributed by atoms with Gasteiger partial charge in [0.2, 0.25) is 11.8 Å². The van der Waals surface area contributed by atoms with Crippen molar-refractivity contribution in [2.45, 2.75) is 37.8 Å². The Balaban J connectivity index is 1.40. The fraction of sp³-hybridized carbons (Fsp3) is 0.550. The fourth-order valence-corrected chi connectivity index (χ4v) is 5.49. The summed E-state index contributed by atoms with van der Waals surface area (Å²) in [5.74, 6) is 0.431. The highest BCUT2D eigenvalue weighted by molar-refractivity contribution is 6.32. The van der Waals surface area contributed by atoms with E-state index in [9.17, 15) is 4.39 Å². The van der Waals surface area contributed by atoms with Crippen LogP contribution in [0.2, 0.25) is 5.02 Å². The molecule has 1 saturated carbocycles. The van der Waals surface area contributed by atoms with E-state index in [0.717, 1.165) is 12.0 Å². The number of aliphatic imine (C=N–C) groups is 1. The zero-order valence-corrected chi connectivity index (χ0v) is 17.5. The predicted octanol–water partition coefficient (Wildman–Crippen LogP) is 4.26. The minimum Gasteiger partial charge on any atom is -0.471 e. The molecule has 4 heterocycles. The number of nitrogens with zero attached hydrogens (tertiary/aromatic N) is 4. The highest BCUT2D eigenvalue weighted by Gasteiger charge is 2.74. The Morgan fingerprint density at radius 1 is 1.31 bits per heavy atom. The fourth-order valence-electron chi connectivity index (χ4n) is 5.10. The van der Waals surface area contributed by atoms with Crippen molar-refractivity contribution in [1.29, 1.82) is 0 Å². The van der Waals surface area contributed by atoms with Crippen molar-refractivity contribution in [1.82, 2.24) is 9.97 Å². The Bertz CT molecular complexity index is 920. The molecule has 154 valence electrons. The zero-order chi connectivity index (χ0) is 20.2. The molecule has 2 saturated heterocycles. The van der Waals surface area contributed by atoms with Gasteiger partial charge in [0.15, 0.2) is 0 Å². The van der Waals surface area contributed by atoms with Crippen molar-refractivity contribution >= 4 is 35.4 Å². The lowest BCUT2D eigenvalue weighted by molar-refractivity contribution is -0.224. The van der Waals surface area contributed by atoms with Gasteiger partial charge in [-0.2, -0.15) is 4.39 Å². The SMILES string of the molecule is CCC1=C(Cl)C(F)=C(OC2C3CCOCC34C2CN4c2ncc(Cl)cn2)N=CC1. The molecule has 1 aromatic heterocycles. The second-order valence-corrected chi connectivity index (χ2v) is 8.66. The number of aromatic nitrogens is 2. The van der Waals surface area contributed by atoms with E-state index < -0.39 is 5.83 Å². The number of anilines is 1. The van der Waals surface area contributed by atoms with E-state index in [2.05, 4.69) is 19.9 Å². The molecule has 6 nitrogen and oxygen atoms in total. The molecular formula is C20H21Cl2FN4O2. The van der Waals surface area contributed by atoms with E-state index in [1.807, 2.05) is 6.92 Å². The van der Waals surface area contributed by atoms with Crippen LogP contribution in [0.1, 0.15) is 26.2 Å². The third-order valence-corrected chi connectivity index (χ3v) is 7.25. The van der Waals surface area contributed by atoms with Crippen LogP contribution in [0.3, 0.4) is 0 Å². The van der Waals surface area contributed by atoms with Crippen molar-refractivity contribution < 1.29 is 13.9 Å². The lowest BCUT2D eigenvalue weighted by atomic mass is 9.48. The molecule has 0 radical (unpaired) electrons. The number of hydrogen-bond acceptors (Lipinski definition) is 6. The number of hydrogen-bond donors (Lipinski definition) is 0. The van der Waals surface area contributed by atoms with Gasteiger partial charge in [0.05, 0.1) is 34.6 Å². The molecule has 0 aromatic carbocycles. The summed E-state index contributed by atoms with van der Waals surface area (Å²) in [4.78, 5) is 15.1. The standard InChI is InChI=1S/C20H21Cl2FN4O2/c1-2-11-3-5-24-18(16(23)15(11)22)29-17-13-4-6-28-10-20(13)14(17)9-27(20)19-25-7-12(21)8-26-19/h5,7-8,13-14,17H,2-4,6,9-10H2,1H3. The van der Waals surface area contributed by atoms with Crippen LogP contribution in [0.5, 0.6) is 0 Å². The van der Waals surface area contributed by atoms with Gasteiger partial charge in [0.1, 0.15) is 6.10 Å². The van der Waals surface area contributed by atoms with Crippen molar-refractivity contribution in [2.24, 2.45) is 16.8 Å². The molecule has 9 heteroatoms. The Kier molecular flexibility index (Phi) is 4.80. The van der Waals surface area contributed by atoms with Crippen LogP contribution < -0.4 is 4.90 Å². The molecule has 4 unspecified atom stereocenters. The van der Waals surface area contributed by atoms with E-state index in [1.165, 1.54) is 0 Å². The third-order valence-electron chi connectivity index (χ3n) is 6.63. The van der Waals surface area contributed by atoms with Gasteiger partial charge in [0.25, 0.3) is 5.88 Å². The van der Waals surface area contributed by atoms with Crippen LogP contribution in [0.25, 0.3) is 0 Å². The van der Waals surface area contributed by atoms with Crippen molar-refractivity contribution in [3.63, 3.8) is 0 Å². The molecule has 0 bridgehead atoms. The first kappa shape index (κ1) is 19.3. The van der Waals surface area contributed by atoms with Crippen molar-refractivity contribution in [3.8, 4) is 0 Å². The summed E-state index contributed by atoms with van der Waals surface area (Å²) in [5.41, 5.74) is 0.617. The second-order valence-electron chi connectivity index (χ2n) is 7.85. The topological polar surface area (TPSA) is 59.8 Å². The summed E-state index contributed by atoms with van der Waals surface area (Å²) in [6, 6.07) is 0. The molecule has 0 N–H and O–H groups in total. The van der Waals surface area contributed by atoms with Gasteiger partial charge in [-0.25, -0.2) is 15.0 Å². The molecular weight excluding hydrogens is 418 g/mol. The van der Waals surface area contributed by atoms with E-state index >= 15 is 0 Å². The van der Waals surface area contributed by atoms with E-state index in [0.29, 0.717) is 43.6 Å². The van der Waals surface area contributed by atoms with Crippen LogP contribution in [0.4, 0.5) is 10.3 Å². The van der Waals surface area contributed by atoms with Crippen molar-refractivity contribution in [3.05, 3.63) is 39.7 Å². The molecule has 1 aliphatic carbocycles. The predicted molar refractivity (Wildman–Crippen MR) is 109 cm³/mol. The van der Waals surface area contributed by atoms with Gasteiger partial charge in [-0.1, -0.05) is 30.1 Å². The molecule has 4 atom stereocenters. The molecule has 29 heavy (non-hydrogen) atoms. The Morgan fingerprint density at radius 3 is 2.86 bits per heavy atom. The highest BCUT2D eigenvalue weighted by Crippen LogP contribution is 2.61.